The van der Waals surface area contributed by atoms with Crippen LogP contribution in [0.2, 0.25) is 0 Å². The summed E-state index contributed by atoms with van der Waals surface area (Å²) in [4.78, 5) is 12.0. The van der Waals surface area contributed by atoms with Crippen molar-refractivity contribution < 1.29 is 22.7 Å². The van der Waals surface area contributed by atoms with Gasteiger partial charge < -0.3 is 15.5 Å². The Hall–Kier alpha value is -3.35. The van der Waals surface area contributed by atoms with E-state index in [-0.39, 0.29) is 25.5 Å². The number of hydrogen-bond acceptors (Lipinski definition) is 3. The van der Waals surface area contributed by atoms with E-state index in [9.17, 15) is 18.0 Å². The fraction of sp³-hybridized carbons (Fsp3) is 0.182. The second kappa shape index (κ2) is 8.77. The minimum absolute atomic E-state index is 0.205. The van der Waals surface area contributed by atoms with Gasteiger partial charge in [0.1, 0.15) is 5.75 Å². The Kier molecular flexibility index (Phi) is 6.16. The zero-order valence-electron chi connectivity index (χ0n) is 15.4. The van der Waals surface area contributed by atoms with Crippen molar-refractivity contribution >= 4 is 22.9 Å². The van der Waals surface area contributed by atoms with Crippen LogP contribution >= 0.6 is 0 Å². The molecule has 0 radical (unpaired) electrons. The van der Waals surface area contributed by atoms with Crippen LogP contribution in [0.25, 0.3) is 10.8 Å². The Bertz CT molecular complexity index is 1030. The van der Waals surface area contributed by atoms with Crippen molar-refractivity contribution in [2.45, 2.75) is 12.6 Å². The molecular formula is C22H19F3N2O2. The molecule has 3 aromatic carbocycles. The van der Waals surface area contributed by atoms with E-state index in [1.807, 2.05) is 24.3 Å². The molecule has 150 valence electrons. The Morgan fingerprint density at radius 2 is 1.79 bits per heavy atom. The van der Waals surface area contributed by atoms with Crippen molar-refractivity contribution in [1.82, 2.24) is 5.32 Å². The highest BCUT2D eigenvalue weighted by Crippen LogP contribution is 2.30. The maximum atomic E-state index is 12.7. The second-order valence-corrected chi connectivity index (χ2v) is 6.43. The molecule has 29 heavy (non-hydrogen) atoms. The lowest BCUT2D eigenvalue weighted by molar-refractivity contribution is -0.137. The van der Waals surface area contributed by atoms with Crippen LogP contribution in [0.3, 0.4) is 0 Å². The minimum atomic E-state index is -4.39. The van der Waals surface area contributed by atoms with Gasteiger partial charge in [-0.05, 0) is 35.6 Å². The van der Waals surface area contributed by atoms with Gasteiger partial charge in [0, 0.05) is 23.7 Å². The van der Waals surface area contributed by atoms with Gasteiger partial charge in [-0.25, -0.2) is 0 Å². The molecule has 7 heteroatoms. The first-order valence-corrected chi connectivity index (χ1v) is 8.96. The lowest BCUT2D eigenvalue weighted by Gasteiger charge is -2.12. The van der Waals surface area contributed by atoms with E-state index < -0.39 is 11.7 Å². The molecule has 4 nitrogen and oxygen atoms in total. The van der Waals surface area contributed by atoms with E-state index in [1.54, 1.807) is 18.2 Å². The number of carbonyl (C=O) groups excluding carboxylic acids is 1. The predicted molar refractivity (Wildman–Crippen MR) is 105 cm³/mol. The first-order chi connectivity index (χ1) is 13.9. The predicted octanol–water partition coefficient (Wildman–Crippen LogP) is 4.59. The molecule has 0 aliphatic rings. The van der Waals surface area contributed by atoms with Crippen LogP contribution in [0.15, 0.2) is 60.7 Å². The number of fused-ring (bicyclic) bond motifs is 1. The highest BCUT2D eigenvalue weighted by atomic mass is 19.4. The fourth-order valence-electron chi connectivity index (χ4n) is 2.99. The van der Waals surface area contributed by atoms with E-state index in [0.29, 0.717) is 11.3 Å². The summed E-state index contributed by atoms with van der Waals surface area (Å²) >= 11 is 0. The van der Waals surface area contributed by atoms with Crippen LogP contribution in [0.1, 0.15) is 16.7 Å². The zero-order chi connectivity index (χ0) is 20.9. The fourth-order valence-corrected chi connectivity index (χ4v) is 2.99. The average molecular weight is 400 g/mol. The zero-order valence-corrected chi connectivity index (χ0v) is 15.4. The van der Waals surface area contributed by atoms with Crippen molar-refractivity contribution in [1.29, 1.82) is 5.41 Å². The van der Waals surface area contributed by atoms with Gasteiger partial charge in [-0.1, -0.05) is 42.5 Å². The lowest BCUT2D eigenvalue weighted by Crippen LogP contribution is -2.30. The molecule has 0 spiro atoms. The van der Waals surface area contributed by atoms with Gasteiger partial charge in [-0.15, -0.1) is 0 Å². The van der Waals surface area contributed by atoms with Crippen LogP contribution in [0.5, 0.6) is 5.75 Å². The number of hydrogen-bond donors (Lipinski definition) is 2. The van der Waals surface area contributed by atoms with Crippen LogP contribution in [-0.4, -0.2) is 25.3 Å². The van der Waals surface area contributed by atoms with E-state index in [0.717, 1.165) is 28.5 Å². The molecule has 0 fully saturated rings. The summed E-state index contributed by atoms with van der Waals surface area (Å²) in [7, 11) is 0. The monoisotopic (exact) mass is 400 g/mol. The van der Waals surface area contributed by atoms with Crippen molar-refractivity contribution in [3.8, 4) is 5.75 Å². The van der Waals surface area contributed by atoms with Crippen molar-refractivity contribution in [3.63, 3.8) is 0 Å². The molecule has 0 heterocycles. The minimum Gasteiger partial charge on any atom is -0.483 e. The Morgan fingerprint density at radius 1 is 1.03 bits per heavy atom. The summed E-state index contributed by atoms with van der Waals surface area (Å²) < 4.78 is 43.8. The van der Waals surface area contributed by atoms with Crippen LogP contribution < -0.4 is 10.1 Å². The Balaban J connectivity index is 1.55. The van der Waals surface area contributed by atoms with Gasteiger partial charge in [-0.2, -0.15) is 13.2 Å². The van der Waals surface area contributed by atoms with Gasteiger partial charge in [0.05, 0.1) is 5.56 Å². The number of carbonyl (C=O) groups is 1. The topological polar surface area (TPSA) is 62.2 Å². The molecule has 0 saturated heterocycles. The number of benzene rings is 3. The molecule has 0 aliphatic heterocycles. The van der Waals surface area contributed by atoms with Crippen LogP contribution in [0, 0.1) is 5.41 Å². The van der Waals surface area contributed by atoms with Gasteiger partial charge in [-0.3, -0.25) is 4.79 Å². The van der Waals surface area contributed by atoms with Crippen molar-refractivity contribution in [2.75, 3.05) is 13.2 Å². The molecule has 0 aliphatic carbocycles. The average Bonchev–Trinajstić information content (AvgIpc) is 2.71. The number of nitrogens with one attached hydrogen (secondary N) is 2. The lowest BCUT2D eigenvalue weighted by atomic mass is 10.0. The largest absolute Gasteiger partial charge is 0.483 e. The summed E-state index contributed by atoms with van der Waals surface area (Å²) in [5, 5.41) is 11.8. The molecule has 0 aromatic heterocycles. The number of amides is 1. The molecule has 3 aromatic rings. The second-order valence-electron chi connectivity index (χ2n) is 6.43. The standard InChI is InChI=1S/C22H19F3N2O2/c23-22(24,25)17-5-3-4-15(12-17)10-11-27-21(28)14-29-20-9-8-16(13-26)18-6-1-2-7-19(18)20/h1-9,12-13,26H,10-11,14H2,(H,27,28). The number of halogens is 3. The summed E-state index contributed by atoms with van der Waals surface area (Å²) in [6, 6.07) is 15.9. The van der Waals surface area contributed by atoms with Crippen molar-refractivity contribution in [3.05, 3.63) is 77.4 Å². The SMILES string of the molecule is N=Cc1ccc(OCC(=O)NCCc2cccc(C(F)(F)F)c2)c2ccccc12. The third kappa shape index (κ3) is 5.13. The summed E-state index contributed by atoms with van der Waals surface area (Å²) in [6.07, 6.45) is -2.84. The van der Waals surface area contributed by atoms with E-state index in [1.165, 1.54) is 12.3 Å². The molecule has 0 atom stereocenters. The molecular weight excluding hydrogens is 381 g/mol. The first kappa shape index (κ1) is 20.4. The smallest absolute Gasteiger partial charge is 0.416 e. The number of alkyl halides is 3. The van der Waals surface area contributed by atoms with Crippen LogP contribution in [-0.2, 0) is 17.4 Å². The normalized spacial score (nSPS) is 11.3. The number of rotatable bonds is 7. The third-order valence-electron chi connectivity index (χ3n) is 4.42. The van der Waals surface area contributed by atoms with E-state index >= 15 is 0 Å². The van der Waals surface area contributed by atoms with Crippen LogP contribution in [0.4, 0.5) is 13.2 Å². The van der Waals surface area contributed by atoms with E-state index in [2.05, 4.69) is 5.32 Å². The molecule has 0 saturated carbocycles. The van der Waals surface area contributed by atoms with Crippen molar-refractivity contribution in [2.24, 2.45) is 0 Å². The van der Waals surface area contributed by atoms with Gasteiger partial charge in [0.15, 0.2) is 6.61 Å². The molecule has 1 amide bonds. The highest BCUT2D eigenvalue weighted by Gasteiger charge is 2.30. The molecule has 2 N–H and O–H groups in total. The van der Waals surface area contributed by atoms with E-state index in [4.69, 9.17) is 10.1 Å². The number of ether oxygens (including phenoxy) is 1. The maximum Gasteiger partial charge on any atom is 0.416 e. The Labute approximate surface area is 165 Å². The van der Waals surface area contributed by atoms with Gasteiger partial charge in [0.25, 0.3) is 5.91 Å². The van der Waals surface area contributed by atoms with Gasteiger partial charge in [0.2, 0.25) is 0 Å². The summed E-state index contributed by atoms with van der Waals surface area (Å²) in [6.45, 7) is -0.00644. The quantitative estimate of drug-likeness (QED) is 0.570. The first-order valence-electron chi connectivity index (χ1n) is 8.96. The van der Waals surface area contributed by atoms with Gasteiger partial charge >= 0.3 is 6.18 Å². The highest BCUT2D eigenvalue weighted by molar-refractivity contribution is 6.01. The molecule has 3 rings (SSSR count). The molecule has 0 unspecified atom stereocenters. The molecule has 0 bridgehead atoms. The Morgan fingerprint density at radius 3 is 2.52 bits per heavy atom. The maximum absolute atomic E-state index is 12.7. The third-order valence-corrected chi connectivity index (χ3v) is 4.42. The summed E-state index contributed by atoms with van der Waals surface area (Å²) in [5.74, 6) is 0.163. The summed E-state index contributed by atoms with van der Waals surface area (Å²) in [5.41, 5.74) is 0.540.